The largest absolute Gasteiger partial charge is 0.481 e. The Morgan fingerprint density at radius 1 is 1.12 bits per heavy atom. The molecule has 0 aliphatic rings. The van der Waals surface area contributed by atoms with Gasteiger partial charge >= 0.3 is 18.0 Å². The second kappa shape index (κ2) is 6.07. The predicted octanol–water partition coefficient (Wildman–Crippen LogP) is 0.783. The molecule has 7 heteroatoms. The van der Waals surface area contributed by atoms with Crippen LogP contribution < -0.4 is 0 Å². The molecule has 0 spiro atoms. The summed E-state index contributed by atoms with van der Waals surface area (Å²) in [6.45, 7) is 4.14. The molecular weight excluding hydrogens is 230 g/mol. The first-order valence-electron chi connectivity index (χ1n) is 5.03. The number of hydrogen-bond donors (Lipinski definition) is 2. The molecule has 0 saturated carbocycles. The van der Waals surface area contributed by atoms with Gasteiger partial charge in [0.25, 0.3) is 0 Å². The highest BCUT2D eigenvalue weighted by Crippen LogP contribution is 2.10. The van der Waals surface area contributed by atoms with Crippen LogP contribution in [0.3, 0.4) is 0 Å². The van der Waals surface area contributed by atoms with Gasteiger partial charge in [-0.05, 0) is 20.8 Å². The van der Waals surface area contributed by atoms with E-state index >= 15 is 0 Å². The lowest BCUT2D eigenvalue weighted by molar-refractivity contribution is -0.140. The number of carboxylic acids is 2. The van der Waals surface area contributed by atoms with Gasteiger partial charge in [-0.25, -0.2) is 4.79 Å². The van der Waals surface area contributed by atoms with Crippen molar-refractivity contribution < 1.29 is 29.3 Å². The van der Waals surface area contributed by atoms with Crippen molar-refractivity contribution in [3.8, 4) is 0 Å². The maximum Gasteiger partial charge on any atom is 0.410 e. The molecule has 2 N–H and O–H groups in total. The van der Waals surface area contributed by atoms with Crippen LogP contribution in [-0.2, 0) is 14.3 Å². The molecule has 17 heavy (non-hydrogen) atoms. The van der Waals surface area contributed by atoms with Crippen molar-refractivity contribution in [3.63, 3.8) is 0 Å². The third kappa shape index (κ3) is 8.06. The molecule has 0 aliphatic carbocycles. The molecule has 0 heterocycles. The molecule has 0 rings (SSSR count). The number of hydrogen-bond acceptors (Lipinski definition) is 4. The number of carboxylic acid groups (broad SMARTS) is 2. The monoisotopic (exact) mass is 247 g/mol. The van der Waals surface area contributed by atoms with Crippen molar-refractivity contribution in [1.29, 1.82) is 0 Å². The van der Waals surface area contributed by atoms with Crippen LogP contribution in [-0.4, -0.2) is 51.8 Å². The van der Waals surface area contributed by atoms with Crippen molar-refractivity contribution in [3.05, 3.63) is 0 Å². The van der Waals surface area contributed by atoms with Gasteiger partial charge in [-0.3, -0.25) is 14.5 Å². The summed E-state index contributed by atoms with van der Waals surface area (Å²) >= 11 is 0. The van der Waals surface area contributed by atoms with Gasteiger partial charge in [0.1, 0.15) is 12.1 Å². The van der Waals surface area contributed by atoms with Gasteiger partial charge in [-0.1, -0.05) is 0 Å². The molecule has 7 nitrogen and oxygen atoms in total. The number of rotatable bonds is 5. The summed E-state index contributed by atoms with van der Waals surface area (Å²) in [5.41, 5.74) is -0.753. The van der Waals surface area contributed by atoms with Crippen molar-refractivity contribution in [2.45, 2.75) is 32.8 Å². The average Bonchev–Trinajstić information content (AvgIpc) is 2.08. The molecule has 0 aromatic heterocycles. The maximum atomic E-state index is 11.6. The Labute approximate surface area is 99.0 Å². The smallest absolute Gasteiger partial charge is 0.410 e. The number of nitrogens with zero attached hydrogens (tertiary/aromatic N) is 1. The summed E-state index contributed by atoms with van der Waals surface area (Å²) in [6, 6.07) is 0. The maximum absolute atomic E-state index is 11.6. The molecule has 98 valence electrons. The Kier molecular flexibility index (Phi) is 5.43. The molecule has 0 aliphatic heterocycles. The van der Waals surface area contributed by atoms with Crippen LogP contribution in [0.2, 0.25) is 0 Å². The quantitative estimate of drug-likeness (QED) is 0.744. The average molecular weight is 247 g/mol. The van der Waals surface area contributed by atoms with E-state index in [-0.39, 0.29) is 13.0 Å². The third-order valence-electron chi connectivity index (χ3n) is 1.57. The minimum Gasteiger partial charge on any atom is -0.481 e. The van der Waals surface area contributed by atoms with Crippen LogP contribution in [0.4, 0.5) is 4.79 Å². The summed E-state index contributed by atoms with van der Waals surface area (Å²) < 4.78 is 4.96. The van der Waals surface area contributed by atoms with Crippen molar-refractivity contribution in [2.75, 3.05) is 13.1 Å². The van der Waals surface area contributed by atoms with E-state index in [0.717, 1.165) is 4.90 Å². The zero-order chi connectivity index (χ0) is 13.6. The number of amides is 1. The zero-order valence-electron chi connectivity index (χ0n) is 10.1. The van der Waals surface area contributed by atoms with E-state index in [9.17, 15) is 14.4 Å². The molecule has 0 fully saturated rings. The zero-order valence-corrected chi connectivity index (χ0v) is 10.1. The first-order chi connectivity index (χ1) is 7.61. The minimum atomic E-state index is -1.22. The first-order valence-corrected chi connectivity index (χ1v) is 5.03. The SMILES string of the molecule is CC(C)(C)OC(=O)N(CCC(=O)O)CC(=O)O. The van der Waals surface area contributed by atoms with Crippen LogP contribution in [0.25, 0.3) is 0 Å². The molecular formula is C10H17NO6. The van der Waals surface area contributed by atoms with E-state index in [1.165, 1.54) is 0 Å². The molecule has 1 amide bonds. The fraction of sp³-hybridized carbons (Fsp3) is 0.700. The summed E-state index contributed by atoms with van der Waals surface area (Å²) in [7, 11) is 0. The van der Waals surface area contributed by atoms with Gasteiger partial charge in [0.05, 0.1) is 6.42 Å². The van der Waals surface area contributed by atoms with Crippen LogP contribution in [0.5, 0.6) is 0 Å². The molecule has 0 atom stereocenters. The lowest BCUT2D eigenvalue weighted by Crippen LogP contribution is -2.40. The summed E-state index contributed by atoms with van der Waals surface area (Å²) in [4.78, 5) is 33.3. The van der Waals surface area contributed by atoms with E-state index in [1.54, 1.807) is 20.8 Å². The Hall–Kier alpha value is -1.79. The Bertz CT molecular complexity index is 306. The van der Waals surface area contributed by atoms with Gasteiger partial charge in [-0.15, -0.1) is 0 Å². The highest BCUT2D eigenvalue weighted by atomic mass is 16.6. The van der Waals surface area contributed by atoms with Crippen molar-refractivity contribution in [2.24, 2.45) is 0 Å². The first kappa shape index (κ1) is 15.2. The topological polar surface area (TPSA) is 104 Å². The third-order valence-corrected chi connectivity index (χ3v) is 1.57. The highest BCUT2D eigenvalue weighted by Gasteiger charge is 2.24. The number of ether oxygens (including phenoxy) is 1. The van der Waals surface area contributed by atoms with E-state index in [4.69, 9.17) is 14.9 Å². The molecule has 0 aromatic carbocycles. The van der Waals surface area contributed by atoms with E-state index in [0.29, 0.717) is 0 Å². The van der Waals surface area contributed by atoms with E-state index < -0.39 is 30.2 Å². The lowest BCUT2D eigenvalue weighted by Gasteiger charge is -2.25. The number of carbonyl (C=O) groups is 3. The second-order valence-corrected chi connectivity index (χ2v) is 4.44. The molecule has 0 radical (unpaired) electrons. The summed E-state index contributed by atoms with van der Waals surface area (Å²) in [6.07, 6.45) is -1.16. The Morgan fingerprint density at radius 3 is 2.00 bits per heavy atom. The second-order valence-electron chi connectivity index (χ2n) is 4.44. The normalized spacial score (nSPS) is 10.8. The minimum absolute atomic E-state index is 0.198. The van der Waals surface area contributed by atoms with E-state index in [2.05, 4.69) is 0 Å². The van der Waals surface area contributed by atoms with Crippen molar-refractivity contribution in [1.82, 2.24) is 4.90 Å². The Morgan fingerprint density at radius 2 is 1.65 bits per heavy atom. The standard InChI is InChI=1S/C10H17NO6/c1-10(2,3)17-9(16)11(6-8(14)15)5-4-7(12)13/h4-6H2,1-3H3,(H,12,13)(H,14,15). The van der Waals surface area contributed by atoms with Crippen molar-refractivity contribution >= 4 is 18.0 Å². The number of aliphatic carboxylic acids is 2. The van der Waals surface area contributed by atoms with Gasteiger partial charge in [0.2, 0.25) is 0 Å². The van der Waals surface area contributed by atoms with Crippen LogP contribution in [0, 0.1) is 0 Å². The van der Waals surface area contributed by atoms with E-state index in [1.807, 2.05) is 0 Å². The molecule has 0 aromatic rings. The van der Waals surface area contributed by atoms with Gasteiger partial charge < -0.3 is 14.9 Å². The molecule has 0 saturated heterocycles. The van der Waals surface area contributed by atoms with Crippen LogP contribution in [0.15, 0.2) is 0 Å². The van der Waals surface area contributed by atoms with Crippen LogP contribution >= 0.6 is 0 Å². The van der Waals surface area contributed by atoms with Crippen LogP contribution in [0.1, 0.15) is 27.2 Å². The Balaban J connectivity index is 4.50. The van der Waals surface area contributed by atoms with Gasteiger partial charge in [0, 0.05) is 6.54 Å². The molecule has 0 unspecified atom stereocenters. The summed E-state index contributed by atoms with van der Waals surface area (Å²) in [5.74, 6) is -2.33. The number of carbonyl (C=O) groups excluding carboxylic acids is 1. The summed E-state index contributed by atoms with van der Waals surface area (Å²) in [5, 5.41) is 17.1. The van der Waals surface area contributed by atoms with Gasteiger partial charge in [-0.2, -0.15) is 0 Å². The van der Waals surface area contributed by atoms with Gasteiger partial charge in [0.15, 0.2) is 0 Å². The predicted molar refractivity (Wildman–Crippen MR) is 57.7 cm³/mol. The lowest BCUT2D eigenvalue weighted by atomic mass is 10.2. The highest BCUT2D eigenvalue weighted by molar-refractivity contribution is 5.77. The fourth-order valence-electron chi connectivity index (χ4n) is 0.955. The molecule has 0 bridgehead atoms. The fourth-order valence-corrected chi connectivity index (χ4v) is 0.955.